The molecule has 3 aromatic rings. The van der Waals surface area contributed by atoms with Gasteiger partial charge in [-0.3, -0.25) is 0 Å². The number of para-hydroxylation sites is 1. The van der Waals surface area contributed by atoms with Gasteiger partial charge in [-0.15, -0.1) is 0 Å². The summed E-state index contributed by atoms with van der Waals surface area (Å²) in [7, 11) is 0. The summed E-state index contributed by atoms with van der Waals surface area (Å²) in [6.45, 7) is 0. The maximum Gasteiger partial charge on any atom is 0.354 e. The second kappa shape index (κ2) is 5.20. The van der Waals surface area contributed by atoms with E-state index in [-0.39, 0.29) is 11.5 Å². The number of aromatic carboxylic acids is 1. The van der Waals surface area contributed by atoms with E-state index in [1.807, 2.05) is 6.07 Å². The highest BCUT2D eigenvalue weighted by Gasteiger charge is 2.16. The Hall–Kier alpha value is -2.95. The lowest BCUT2D eigenvalue weighted by atomic mass is 10.1. The predicted molar refractivity (Wildman–Crippen MR) is 75.9 cm³/mol. The van der Waals surface area contributed by atoms with Gasteiger partial charge in [-0.1, -0.05) is 18.2 Å². The summed E-state index contributed by atoms with van der Waals surface area (Å²) in [5, 5.41) is 13.6. The molecule has 0 spiro atoms. The number of aromatic nitrogens is 2. The molecule has 0 amide bonds. The standard InChI is InChI=1S/C16H11FN2O2/c17-12-8-6-11(7-9-12)14-10-15(16(20)21)19(18-14)13-4-2-1-3-5-13/h1-10H,(H,20,21). The third kappa shape index (κ3) is 2.53. The van der Waals surface area contributed by atoms with E-state index in [1.165, 1.54) is 22.9 Å². The lowest BCUT2D eigenvalue weighted by Crippen LogP contribution is -2.07. The summed E-state index contributed by atoms with van der Waals surface area (Å²) < 4.78 is 14.3. The van der Waals surface area contributed by atoms with Gasteiger partial charge < -0.3 is 5.11 Å². The molecule has 1 N–H and O–H groups in total. The van der Waals surface area contributed by atoms with Gasteiger partial charge in [0.15, 0.2) is 5.69 Å². The van der Waals surface area contributed by atoms with E-state index in [2.05, 4.69) is 5.10 Å². The van der Waals surface area contributed by atoms with Crippen molar-refractivity contribution in [1.29, 1.82) is 0 Å². The van der Waals surface area contributed by atoms with E-state index in [1.54, 1.807) is 36.4 Å². The molecule has 1 aromatic heterocycles. The van der Waals surface area contributed by atoms with Crippen LogP contribution in [-0.2, 0) is 0 Å². The summed E-state index contributed by atoms with van der Waals surface area (Å²) in [5.74, 6) is -1.42. The minimum Gasteiger partial charge on any atom is -0.477 e. The van der Waals surface area contributed by atoms with Crippen LogP contribution in [0.25, 0.3) is 16.9 Å². The molecule has 0 bridgehead atoms. The smallest absolute Gasteiger partial charge is 0.354 e. The predicted octanol–water partition coefficient (Wildman–Crippen LogP) is 3.38. The van der Waals surface area contributed by atoms with Crippen LogP contribution in [0.15, 0.2) is 60.7 Å². The highest BCUT2D eigenvalue weighted by molar-refractivity contribution is 5.88. The van der Waals surface area contributed by atoms with Crippen molar-refractivity contribution in [1.82, 2.24) is 9.78 Å². The summed E-state index contributed by atoms with van der Waals surface area (Å²) in [6.07, 6.45) is 0. The van der Waals surface area contributed by atoms with E-state index in [0.29, 0.717) is 16.9 Å². The molecule has 21 heavy (non-hydrogen) atoms. The Morgan fingerprint density at radius 2 is 1.71 bits per heavy atom. The largest absolute Gasteiger partial charge is 0.477 e. The highest BCUT2D eigenvalue weighted by Crippen LogP contribution is 2.22. The molecule has 2 aromatic carbocycles. The van der Waals surface area contributed by atoms with E-state index in [0.717, 1.165) is 0 Å². The third-order valence-corrected chi connectivity index (χ3v) is 3.07. The second-order valence-corrected chi connectivity index (χ2v) is 4.47. The fraction of sp³-hybridized carbons (Fsp3) is 0. The van der Waals surface area contributed by atoms with E-state index < -0.39 is 5.97 Å². The molecule has 1 heterocycles. The van der Waals surface area contributed by atoms with Gasteiger partial charge in [-0.25, -0.2) is 13.9 Å². The van der Waals surface area contributed by atoms with Gasteiger partial charge in [-0.05, 0) is 42.5 Å². The van der Waals surface area contributed by atoms with Crippen molar-refractivity contribution in [3.05, 3.63) is 72.2 Å². The first-order valence-electron chi connectivity index (χ1n) is 6.30. The van der Waals surface area contributed by atoms with Gasteiger partial charge >= 0.3 is 5.97 Å². The number of hydrogen-bond acceptors (Lipinski definition) is 2. The molecule has 0 atom stereocenters. The monoisotopic (exact) mass is 282 g/mol. The molecular formula is C16H11FN2O2. The lowest BCUT2D eigenvalue weighted by Gasteiger charge is -2.03. The zero-order valence-electron chi connectivity index (χ0n) is 10.9. The second-order valence-electron chi connectivity index (χ2n) is 4.47. The van der Waals surface area contributed by atoms with Crippen LogP contribution in [0.1, 0.15) is 10.5 Å². The van der Waals surface area contributed by atoms with E-state index in [9.17, 15) is 14.3 Å². The van der Waals surface area contributed by atoms with Crippen molar-refractivity contribution < 1.29 is 14.3 Å². The molecule has 0 saturated heterocycles. The molecule has 104 valence electrons. The number of halogens is 1. The van der Waals surface area contributed by atoms with Crippen molar-refractivity contribution in [3.8, 4) is 16.9 Å². The zero-order chi connectivity index (χ0) is 14.8. The Kier molecular flexibility index (Phi) is 3.23. The van der Waals surface area contributed by atoms with E-state index >= 15 is 0 Å². The Labute approximate surface area is 120 Å². The Morgan fingerprint density at radius 3 is 2.33 bits per heavy atom. The third-order valence-electron chi connectivity index (χ3n) is 3.07. The first-order valence-corrected chi connectivity index (χ1v) is 6.30. The van der Waals surface area contributed by atoms with Crippen molar-refractivity contribution in [2.45, 2.75) is 0 Å². The molecule has 3 rings (SSSR count). The maximum absolute atomic E-state index is 13.0. The Bertz CT molecular complexity index is 780. The molecule has 0 aliphatic carbocycles. The van der Waals surface area contributed by atoms with Crippen LogP contribution in [0.5, 0.6) is 0 Å². The summed E-state index contributed by atoms with van der Waals surface area (Å²) in [5.41, 5.74) is 1.86. The van der Waals surface area contributed by atoms with E-state index in [4.69, 9.17) is 0 Å². The van der Waals surface area contributed by atoms with Gasteiger partial charge in [-0.2, -0.15) is 5.10 Å². The molecule has 4 nitrogen and oxygen atoms in total. The lowest BCUT2D eigenvalue weighted by molar-refractivity contribution is 0.0687. The minimum atomic E-state index is -1.07. The molecule has 0 radical (unpaired) electrons. The van der Waals surface area contributed by atoms with Crippen LogP contribution in [0.4, 0.5) is 4.39 Å². The normalized spacial score (nSPS) is 10.5. The van der Waals surface area contributed by atoms with Crippen molar-refractivity contribution in [3.63, 3.8) is 0 Å². The van der Waals surface area contributed by atoms with Gasteiger partial charge in [0.25, 0.3) is 0 Å². The van der Waals surface area contributed by atoms with Gasteiger partial charge in [0.1, 0.15) is 5.82 Å². The topological polar surface area (TPSA) is 55.1 Å². The van der Waals surface area contributed by atoms with Crippen molar-refractivity contribution in [2.24, 2.45) is 0 Å². The van der Waals surface area contributed by atoms with Gasteiger partial charge in [0, 0.05) is 5.56 Å². The number of nitrogens with zero attached hydrogens (tertiary/aromatic N) is 2. The minimum absolute atomic E-state index is 0.0560. The van der Waals surface area contributed by atoms with Crippen molar-refractivity contribution in [2.75, 3.05) is 0 Å². The molecule has 0 fully saturated rings. The molecule has 0 unspecified atom stereocenters. The van der Waals surface area contributed by atoms with Crippen LogP contribution in [0.3, 0.4) is 0 Å². The van der Waals surface area contributed by atoms with Crippen LogP contribution >= 0.6 is 0 Å². The molecule has 5 heteroatoms. The fourth-order valence-corrected chi connectivity index (χ4v) is 2.06. The van der Waals surface area contributed by atoms with Crippen LogP contribution in [-0.4, -0.2) is 20.9 Å². The van der Waals surface area contributed by atoms with Crippen LogP contribution < -0.4 is 0 Å². The SMILES string of the molecule is O=C(O)c1cc(-c2ccc(F)cc2)nn1-c1ccccc1. The molecule has 0 saturated carbocycles. The molecular weight excluding hydrogens is 271 g/mol. The quantitative estimate of drug-likeness (QED) is 0.801. The number of benzene rings is 2. The average Bonchev–Trinajstić information content (AvgIpc) is 2.94. The Morgan fingerprint density at radius 1 is 1.05 bits per heavy atom. The number of carboxylic acids is 1. The van der Waals surface area contributed by atoms with Gasteiger partial charge in [0.05, 0.1) is 11.4 Å². The summed E-state index contributed by atoms with van der Waals surface area (Å²) in [6, 6.07) is 16.2. The highest BCUT2D eigenvalue weighted by atomic mass is 19.1. The number of hydrogen-bond donors (Lipinski definition) is 1. The maximum atomic E-state index is 13.0. The zero-order valence-corrected chi connectivity index (χ0v) is 10.9. The Balaban J connectivity index is 2.13. The van der Waals surface area contributed by atoms with Crippen LogP contribution in [0.2, 0.25) is 0 Å². The number of carbonyl (C=O) groups is 1. The first-order chi connectivity index (χ1) is 10.1. The summed E-state index contributed by atoms with van der Waals surface area (Å²) >= 11 is 0. The van der Waals surface area contributed by atoms with Crippen molar-refractivity contribution >= 4 is 5.97 Å². The molecule has 0 aliphatic rings. The number of rotatable bonds is 3. The number of carboxylic acid groups (broad SMARTS) is 1. The average molecular weight is 282 g/mol. The fourth-order valence-electron chi connectivity index (χ4n) is 2.06. The van der Waals surface area contributed by atoms with Gasteiger partial charge in [0.2, 0.25) is 0 Å². The molecule has 0 aliphatic heterocycles. The summed E-state index contributed by atoms with van der Waals surface area (Å²) in [4.78, 5) is 11.4. The first kappa shape index (κ1) is 13.1. The van der Waals surface area contributed by atoms with Crippen LogP contribution in [0, 0.1) is 5.82 Å².